The van der Waals surface area contributed by atoms with Gasteiger partial charge in [-0.05, 0) is 60.9 Å². The highest BCUT2D eigenvalue weighted by molar-refractivity contribution is 7.99. The second-order valence-electron chi connectivity index (χ2n) is 5.68. The normalized spacial score (nSPS) is 17.6. The standard InChI is InChI=1S/C18H20FNS/c1-12-3-4-14(13(2)9-12)11-20-17-7-8-21-18-6-5-15(19)10-16(17)18/h3-6,9-10,17,20H,7-8,11H2,1-2H3. The van der Waals surface area contributed by atoms with Gasteiger partial charge >= 0.3 is 0 Å². The van der Waals surface area contributed by atoms with Crippen LogP contribution in [0.3, 0.4) is 0 Å². The number of hydrogen-bond acceptors (Lipinski definition) is 2. The van der Waals surface area contributed by atoms with Crippen LogP contribution in [0.4, 0.5) is 4.39 Å². The molecular formula is C18H20FNS. The van der Waals surface area contributed by atoms with Gasteiger partial charge in [0.15, 0.2) is 0 Å². The first-order chi connectivity index (χ1) is 10.1. The molecule has 0 spiro atoms. The summed E-state index contributed by atoms with van der Waals surface area (Å²) in [5.41, 5.74) is 5.03. The van der Waals surface area contributed by atoms with Crippen LogP contribution >= 0.6 is 11.8 Å². The third-order valence-electron chi connectivity index (χ3n) is 4.05. The molecular weight excluding hydrogens is 281 g/mol. The Bertz CT molecular complexity index is 654. The van der Waals surface area contributed by atoms with Crippen molar-refractivity contribution in [2.45, 2.75) is 37.8 Å². The molecule has 0 bridgehead atoms. The number of hydrogen-bond donors (Lipinski definition) is 1. The van der Waals surface area contributed by atoms with Crippen LogP contribution in [-0.4, -0.2) is 5.75 Å². The minimum atomic E-state index is -0.144. The summed E-state index contributed by atoms with van der Waals surface area (Å²) in [7, 11) is 0. The topological polar surface area (TPSA) is 12.0 Å². The maximum absolute atomic E-state index is 13.5. The van der Waals surface area contributed by atoms with E-state index in [-0.39, 0.29) is 11.9 Å². The molecule has 1 aliphatic rings. The second-order valence-corrected chi connectivity index (χ2v) is 6.82. The highest BCUT2D eigenvalue weighted by atomic mass is 32.2. The number of halogens is 1. The SMILES string of the molecule is Cc1ccc(CNC2CCSc3ccc(F)cc32)c(C)c1. The first-order valence-corrected chi connectivity index (χ1v) is 8.34. The lowest BCUT2D eigenvalue weighted by molar-refractivity contribution is 0.504. The zero-order valence-electron chi connectivity index (χ0n) is 12.4. The molecule has 0 saturated heterocycles. The summed E-state index contributed by atoms with van der Waals surface area (Å²) in [6, 6.07) is 11.9. The molecule has 0 amide bonds. The van der Waals surface area contributed by atoms with Crippen LogP contribution in [0.1, 0.15) is 34.7 Å². The van der Waals surface area contributed by atoms with E-state index in [0.717, 1.165) is 24.3 Å². The summed E-state index contributed by atoms with van der Waals surface area (Å²) in [5, 5.41) is 3.60. The van der Waals surface area contributed by atoms with Gasteiger partial charge < -0.3 is 5.32 Å². The molecule has 3 rings (SSSR count). The monoisotopic (exact) mass is 301 g/mol. The quantitative estimate of drug-likeness (QED) is 0.876. The molecule has 1 heterocycles. The lowest BCUT2D eigenvalue weighted by atomic mass is 10.0. The van der Waals surface area contributed by atoms with Gasteiger partial charge in [0.1, 0.15) is 5.82 Å². The van der Waals surface area contributed by atoms with Crippen molar-refractivity contribution in [2.75, 3.05) is 5.75 Å². The Kier molecular flexibility index (Phi) is 4.32. The highest BCUT2D eigenvalue weighted by Crippen LogP contribution is 2.36. The first kappa shape index (κ1) is 14.6. The van der Waals surface area contributed by atoms with Crippen LogP contribution in [0.25, 0.3) is 0 Å². The molecule has 21 heavy (non-hydrogen) atoms. The van der Waals surface area contributed by atoms with E-state index in [4.69, 9.17) is 0 Å². The minimum Gasteiger partial charge on any atom is -0.306 e. The molecule has 1 nitrogen and oxygen atoms in total. The van der Waals surface area contributed by atoms with Gasteiger partial charge in [0, 0.05) is 17.5 Å². The molecule has 110 valence electrons. The minimum absolute atomic E-state index is 0.144. The number of benzene rings is 2. The third kappa shape index (κ3) is 3.30. The van der Waals surface area contributed by atoms with Gasteiger partial charge in [-0.25, -0.2) is 4.39 Å². The van der Waals surface area contributed by atoms with Crippen molar-refractivity contribution in [3.8, 4) is 0 Å². The lowest BCUT2D eigenvalue weighted by Gasteiger charge is -2.26. The van der Waals surface area contributed by atoms with E-state index >= 15 is 0 Å². The van der Waals surface area contributed by atoms with Crippen LogP contribution in [0.2, 0.25) is 0 Å². The predicted octanol–water partition coefficient (Wildman–Crippen LogP) is 4.77. The van der Waals surface area contributed by atoms with Crippen molar-refractivity contribution in [1.29, 1.82) is 0 Å². The Labute approximate surface area is 130 Å². The smallest absolute Gasteiger partial charge is 0.123 e. The average Bonchev–Trinajstić information content (AvgIpc) is 2.46. The molecule has 2 aromatic rings. The van der Waals surface area contributed by atoms with E-state index in [1.54, 1.807) is 12.1 Å². The molecule has 3 heteroatoms. The van der Waals surface area contributed by atoms with Crippen molar-refractivity contribution in [1.82, 2.24) is 5.32 Å². The number of nitrogens with one attached hydrogen (secondary N) is 1. The number of fused-ring (bicyclic) bond motifs is 1. The molecule has 1 N–H and O–H groups in total. The molecule has 0 aliphatic carbocycles. The maximum atomic E-state index is 13.5. The van der Waals surface area contributed by atoms with E-state index in [1.807, 2.05) is 17.8 Å². The fraction of sp³-hybridized carbons (Fsp3) is 0.333. The van der Waals surface area contributed by atoms with Gasteiger partial charge in [-0.2, -0.15) is 0 Å². The van der Waals surface area contributed by atoms with E-state index in [0.29, 0.717) is 0 Å². The molecule has 0 saturated carbocycles. The molecule has 0 radical (unpaired) electrons. The van der Waals surface area contributed by atoms with Crippen molar-refractivity contribution in [3.63, 3.8) is 0 Å². The van der Waals surface area contributed by atoms with E-state index < -0.39 is 0 Å². The molecule has 0 aromatic heterocycles. The third-order valence-corrected chi connectivity index (χ3v) is 5.17. The van der Waals surface area contributed by atoms with Crippen molar-refractivity contribution < 1.29 is 4.39 Å². The molecule has 1 unspecified atom stereocenters. The Morgan fingerprint density at radius 1 is 1.19 bits per heavy atom. The first-order valence-electron chi connectivity index (χ1n) is 7.35. The summed E-state index contributed by atoms with van der Waals surface area (Å²) in [4.78, 5) is 1.21. The van der Waals surface area contributed by atoms with E-state index in [1.165, 1.54) is 21.6 Å². The highest BCUT2D eigenvalue weighted by Gasteiger charge is 2.20. The van der Waals surface area contributed by atoms with Crippen LogP contribution < -0.4 is 5.32 Å². The van der Waals surface area contributed by atoms with Gasteiger partial charge in [0.05, 0.1) is 0 Å². The van der Waals surface area contributed by atoms with Crippen LogP contribution in [0.15, 0.2) is 41.3 Å². The Morgan fingerprint density at radius 3 is 2.86 bits per heavy atom. The zero-order chi connectivity index (χ0) is 14.8. The van der Waals surface area contributed by atoms with Crippen molar-refractivity contribution in [3.05, 3.63) is 64.5 Å². The van der Waals surface area contributed by atoms with Gasteiger partial charge in [0.2, 0.25) is 0 Å². The maximum Gasteiger partial charge on any atom is 0.123 e. The lowest BCUT2D eigenvalue weighted by Crippen LogP contribution is -2.24. The summed E-state index contributed by atoms with van der Waals surface area (Å²) in [6.07, 6.45) is 1.05. The number of thioether (sulfide) groups is 1. The Morgan fingerprint density at radius 2 is 2.05 bits per heavy atom. The Hall–Kier alpha value is -1.32. The van der Waals surface area contributed by atoms with Gasteiger partial charge in [-0.3, -0.25) is 0 Å². The summed E-state index contributed by atoms with van der Waals surface area (Å²) in [6.45, 7) is 5.09. The van der Waals surface area contributed by atoms with Crippen LogP contribution in [0, 0.1) is 19.7 Å². The fourth-order valence-corrected chi connectivity index (χ4v) is 3.96. The van der Waals surface area contributed by atoms with Gasteiger partial charge in [0.25, 0.3) is 0 Å². The van der Waals surface area contributed by atoms with Gasteiger partial charge in [-0.1, -0.05) is 23.8 Å². The van der Waals surface area contributed by atoms with E-state index in [2.05, 4.69) is 37.4 Å². The summed E-state index contributed by atoms with van der Waals surface area (Å²) < 4.78 is 13.5. The average molecular weight is 301 g/mol. The van der Waals surface area contributed by atoms with Crippen molar-refractivity contribution >= 4 is 11.8 Å². The van der Waals surface area contributed by atoms with E-state index in [9.17, 15) is 4.39 Å². The molecule has 2 aromatic carbocycles. The summed E-state index contributed by atoms with van der Waals surface area (Å²) in [5.74, 6) is 0.943. The largest absolute Gasteiger partial charge is 0.306 e. The fourth-order valence-electron chi connectivity index (χ4n) is 2.85. The van der Waals surface area contributed by atoms with Crippen LogP contribution in [-0.2, 0) is 6.54 Å². The number of aryl methyl sites for hydroxylation is 2. The summed E-state index contributed by atoms with van der Waals surface area (Å²) >= 11 is 1.82. The Balaban J connectivity index is 1.76. The second kappa shape index (κ2) is 6.20. The molecule has 0 fully saturated rings. The molecule has 1 atom stereocenters. The van der Waals surface area contributed by atoms with Crippen LogP contribution in [0.5, 0.6) is 0 Å². The van der Waals surface area contributed by atoms with Crippen molar-refractivity contribution in [2.24, 2.45) is 0 Å². The number of rotatable bonds is 3. The predicted molar refractivity (Wildman–Crippen MR) is 87.2 cm³/mol. The zero-order valence-corrected chi connectivity index (χ0v) is 13.3. The molecule has 1 aliphatic heterocycles. The van der Waals surface area contributed by atoms with Gasteiger partial charge in [-0.15, -0.1) is 11.8 Å².